The van der Waals surface area contributed by atoms with Gasteiger partial charge in [-0.1, -0.05) is 11.6 Å². The Labute approximate surface area is 103 Å². The monoisotopic (exact) mass is 287 g/mol. The molecule has 0 aliphatic heterocycles. The molecule has 0 bridgehead atoms. The van der Waals surface area contributed by atoms with E-state index < -0.39 is 35.3 Å². The molecule has 0 atom stereocenters. The van der Waals surface area contributed by atoms with Gasteiger partial charge in [0.05, 0.1) is 4.92 Å². The molecule has 0 saturated heterocycles. The van der Waals surface area contributed by atoms with Crippen molar-refractivity contribution in [2.24, 2.45) is 0 Å². The molecular formula is C9H6ClF4NO3. The Bertz CT molecular complexity index is 455. The molecule has 0 heterocycles. The lowest BCUT2D eigenvalue weighted by atomic mass is 10.3. The van der Waals surface area contributed by atoms with Crippen LogP contribution in [0, 0.1) is 10.1 Å². The summed E-state index contributed by atoms with van der Waals surface area (Å²) in [4.78, 5) is 9.64. The lowest BCUT2D eigenvalue weighted by Gasteiger charge is -2.15. The van der Waals surface area contributed by atoms with E-state index in [1.54, 1.807) is 0 Å². The fraction of sp³-hybridized carbons (Fsp3) is 0.333. The van der Waals surface area contributed by atoms with Crippen LogP contribution in [0.25, 0.3) is 0 Å². The number of nitro groups is 1. The molecule has 0 fully saturated rings. The van der Waals surface area contributed by atoms with Crippen molar-refractivity contribution in [1.29, 1.82) is 0 Å². The van der Waals surface area contributed by atoms with Gasteiger partial charge in [-0.2, -0.15) is 8.78 Å². The van der Waals surface area contributed by atoms with Crippen LogP contribution in [-0.2, 0) is 0 Å². The number of benzene rings is 1. The Morgan fingerprint density at radius 1 is 1.44 bits per heavy atom. The minimum absolute atomic E-state index is 0.00374. The summed E-state index contributed by atoms with van der Waals surface area (Å²) in [5.41, 5.74) is -0.635. The highest BCUT2D eigenvalue weighted by atomic mass is 35.5. The van der Waals surface area contributed by atoms with Crippen LogP contribution in [0.2, 0.25) is 5.02 Å². The molecule has 0 aliphatic carbocycles. The van der Waals surface area contributed by atoms with Gasteiger partial charge in [-0.15, -0.1) is 0 Å². The summed E-state index contributed by atoms with van der Waals surface area (Å²) < 4.78 is 53.3. The van der Waals surface area contributed by atoms with E-state index in [2.05, 4.69) is 4.74 Å². The summed E-state index contributed by atoms with van der Waals surface area (Å²) in [6.45, 7) is -1.67. The summed E-state index contributed by atoms with van der Waals surface area (Å²) in [6.07, 6.45) is -3.92. The first-order chi connectivity index (χ1) is 8.24. The molecule has 0 aliphatic rings. The van der Waals surface area contributed by atoms with Crippen LogP contribution >= 0.6 is 11.6 Å². The second kappa shape index (κ2) is 5.38. The van der Waals surface area contributed by atoms with E-state index in [1.807, 2.05) is 0 Å². The van der Waals surface area contributed by atoms with Crippen LogP contribution in [0.1, 0.15) is 0 Å². The summed E-state index contributed by atoms with van der Waals surface area (Å²) in [5.74, 6) is -4.98. The third kappa shape index (κ3) is 3.46. The maximum absolute atomic E-state index is 12.6. The molecular weight excluding hydrogens is 282 g/mol. The normalized spacial score (nSPS) is 11.7. The van der Waals surface area contributed by atoms with Crippen molar-refractivity contribution >= 4 is 17.3 Å². The van der Waals surface area contributed by atoms with Gasteiger partial charge in [-0.25, -0.2) is 8.78 Å². The number of rotatable bonds is 5. The second-order valence-corrected chi connectivity index (χ2v) is 3.66. The largest absolute Gasteiger partial charge is 0.480 e. The maximum atomic E-state index is 12.6. The fourth-order valence-corrected chi connectivity index (χ4v) is 1.15. The molecule has 1 aromatic carbocycles. The minimum atomic E-state index is -4.39. The average molecular weight is 288 g/mol. The van der Waals surface area contributed by atoms with E-state index in [4.69, 9.17) is 11.6 Å². The van der Waals surface area contributed by atoms with Gasteiger partial charge < -0.3 is 4.74 Å². The Morgan fingerprint density at radius 3 is 2.56 bits per heavy atom. The van der Waals surface area contributed by atoms with E-state index in [9.17, 15) is 27.7 Å². The zero-order valence-corrected chi connectivity index (χ0v) is 9.33. The lowest BCUT2D eigenvalue weighted by Crippen LogP contribution is -2.33. The molecule has 0 N–H and O–H groups in total. The molecule has 0 aromatic heterocycles. The molecule has 0 spiro atoms. The molecule has 1 aromatic rings. The van der Waals surface area contributed by atoms with Crippen molar-refractivity contribution in [3.8, 4) is 5.75 Å². The van der Waals surface area contributed by atoms with Crippen LogP contribution in [0.4, 0.5) is 23.2 Å². The first kappa shape index (κ1) is 14.5. The van der Waals surface area contributed by atoms with Gasteiger partial charge in [-0.05, 0) is 6.07 Å². The Balaban J connectivity index is 2.90. The van der Waals surface area contributed by atoms with Crippen molar-refractivity contribution in [1.82, 2.24) is 0 Å². The molecule has 0 amide bonds. The first-order valence-corrected chi connectivity index (χ1v) is 4.84. The van der Waals surface area contributed by atoms with Gasteiger partial charge in [0.25, 0.3) is 0 Å². The molecule has 4 nitrogen and oxygen atoms in total. The van der Waals surface area contributed by atoms with Crippen LogP contribution in [0.15, 0.2) is 18.2 Å². The Morgan fingerprint density at radius 2 is 2.06 bits per heavy atom. The Hall–Kier alpha value is -1.57. The summed E-state index contributed by atoms with van der Waals surface area (Å²) >= 11 is 5.50. The predicted molar refractivity (Wildman–Crippen MR) is 54.6 cm³/mol. The SMILES string of the molecule is O=[N+]([O-])c1ccc(Cl)cc1OCC(F)(F)C(F)F. The third-order valence-electron chi connectivity index (χ3n) is 1.86. The van der Waals surface area contributed by atoms with Crippen molar-refractivity contribution in [3.05, 3.63) is 33.3 Å². The zero-order chi connectivity index (χ0) is 13.9. The van der Waals surface area contributed by atoms with Gasteiger partial charge in [0.15, 0.2) is 12.4 Å². The highest BCUT2D eigenvalue weighted by Crippen LogP contribution is 2.32. The zero-order valence-electron chi connectivity index (χ0n) is 8.58. The van der Waals surface area contributed by atoms with Crippen molar-refractivity contribution in [2.75, 3.05) is 6.61 Å². The standard InChI is InChI=1S/C9H6ClF4NO3/c10-5-1-2-6(15(16)17)7(3-5)18-4-9(13,14)8(11)12/h1-3,8H,4H2. The van der Waals surface area contributed by atoms with E-state index in [-0.39, 0.29) is 5.02 Å². The minimum Gasteiger partial charge on any atom is -0.480 e. The Kier molecular flexibility index (Phi) is 4.33. The number of halogens is 5. The summed E-state index contributed by atoms with van der Waals surface area (Å²) in [5, 5.41) is 10.5. The average Bonchev–Trinajstić information content (AvgIpc) is 2.26. The number of alkyl halides is 4. The van der Waals surface area contributed by atoms with Crippen LogP contribution in [0.3, 0.4) is 0 Å². The summed E-state index contributed by atoms with van der Waals surface area (Å²) in [6, 6.07) is 2.98. The number of nitrogens with zero attached hydrogens (tertiary/aromatic N) is 1. The van der Waals surface area contributed by atoms with E-state index in [0.717, 1.165) is 18.2 Å². The van der Waals surface area contributed by atoms with Crippen molar-refractivity contribution in [3.63, 3.8) is 0 Å². The smallest absolute Gasteiger partial charge is 0.340 e. The summed E-state index contributed by atoms with van der Waals surface area (Å²) in [7, 11) is 0. The van der Waals surface area contributed by atoms with E-state index in [1.165, 1.54) is 0 Å². The van der Waals surface area contributed by atoms with E-state index >= 15 is 0 Å². The molecule has 9 heteroatoms. The third-order valence-corrected chi connectivity index (χ3v) is 2.09. The van der Waals surface area contributed by atoms with Crippen molar-refractivity contribution < 1.29 is 27.2 Å². The number of nitro benzene ring substituents is 1. The first-order valence-electron chi connectivity index (χ1n) is 4.47. The number of hydrogen-bond acceptors (Lipinski definition) is 3. The van der Waals surface area contributed by atoms with Gasteiger partial charge in [0.2, 0.25) is 0 Å². The number of ether oxygens (including phenoxy) is 1. The number of hydrogen-bond donors (Lipinski definition) is 0. The van der Waals surface area contributed by atoms with Crippen LogP contribution in [0.5, 0.6) is 5.75 Å². The fourth-order valence-electron chi connectivity index (χ4n) is 0.991. The van der Waals surface area contributed by atoms with Gasteiger partial charge in [0, 0.05) is 17.2 Å². The van der Waals surface area contributed by atoms with Crippen LogP contribution < -0.4 is 4.74 Å². The topological polar surface area (TPSA) is 52.4 Å². The molecule has 0 saturated carbocycles. The van der Waals surface area contributed by atoms with E-state index in [0.29, 0.717) is 0 Å². The highest BCUT2D eigenvalue weighted by Gasteiger charge is 2.42. The molecule has 18 heavy (non-hydrogen) atoms. The molecule has 0 radical (unpaired) electrons. The predicted octanol–water partition coefficient (Wildman–Crippen LogP) is 3.53. The van der Waals surface area contributed by atoms with Gasteiger partial charge in [0.1, 0.15) is 0 Å². The second-order valence-electron chi connectivity index (χ2n) is 3.22. The lowest BCUT2D eigenvalue weighted by molar-refractivity contribution is -0.386. The highest BCUT2D eigenvalue weighted by molar-refractivity contribution is 6.30. The van der Waals surface area contributed by atoms with Crippen LogP contribution in [-0.4, -0.2) is 23.9 Å². The van der Waals surface area contributed by atoms with Gasteiger partial charge in [-0.3, -0.25) is 10.1 Å². The molecule has 100 valence electrons. The van der Waals surface area contributed by atoms with Crippen molar-refractivity contribution in [2.45, 2.75) is 12.3 Å². The maximum Gasteiger partial charge on any atom is 0.340 e. The van der Waals surface area contributed by atoms with Gasteiger partial charge >= 0.3 is 18.0 Å². The molecule has 0 unspecified atom stereocenters. The molecule has 1 rings (SSSR count). The quantitative estimate of drug-likeness (QED) is 0.473.